The van der Waals surface area contributed by atoms with E-state index in [9.17, 15) is 8.42 Å². The standard InChI is InChI=1S/C14H24N4O4S/c1-21-8-6-16-14(15)17-11-12-4-3-5-13(10-12)23(19,20)18-7-9-22-2/h3-5,10,18H,6-9,11H2,1-2H3,(H3,15,16,17). The number of rotatable bonds is 10. The molecular weight excluding hydrogens is 320 g/mol. The highest BCUT2D eigenvalue weighted by atomic mass is 32.2. The van der Waals surface area contributed by atoms with Crippen molar-refractivity contribution in [2.45, 2.75) is 11.4 Å². The Hall–Kier alpha value is -1.68. The molecule has 0 amide bonds. The molecular formula is C14H24N4O4S. The maximum Gasteiger partial charge on any atom is 0.240 e. The van der Waals surface area contributed by atoms with E-state index in [1.807, 2.05) is 0 Å². The maximum absolute atomic E-state index is 12.1. The molecule has 0 atom stereocenters. The second-order valence-electron chi connectivity index (χ2n) is 4.66. The topological polar surface area (TPSA) is 115 Å². The molecule has 0 unspecified atom stereocenters. The third-order valence-corrected chi connectivity index (χ3v) is 4.31. The number of guanidine groups is 1. The minimum atomic E-state index is -3.55. The quantitative estimate of drug-likeness (QED) is 0.304. The number of hydrogen-bond donors (Lipinski definition) is 3. The zero-order chi connectivity index (χ0) is 17.1. The van der Waals surface area contributed by atoms with Gasteiger partial charge in [-0.15, -0.1) is 0 Å². The number of hydrogen-bond acceptors (Lipinski definition) is 5. The van der Waals surface area contributed by atoms with Crippen molar-refractivity contribution in [2.24, 2.45) is 10.7 Å². The van der Waals surface area contributed by atoms with Gasteiger partial charge in [0.25, 0.3) is 0 Å². The molecule has 0 heterocycles. The van der Waals surface area contributed by atoms with Gasteiger partial charge in [0.05, 0.1) is 24.7 Å². The average Bonchev–Trinajstić information content (AvgIpc) is 2.54. The molecule has 0 saturated carbocycles. The predicted molar refractivity (Wildman–Crippen MR) is 88.7 cm³/mol. The molecule has 9 heteroatoms. The maximum atomic E-state index is 12.1. The van der Waals surface area contributed by atoms with E-state index < -0.39 is 10.0 Å². The van der Waals surface area contributed by atoms with Crippen LogP contribution in [0.3, 0.4) is 0 Å². The van der Waals surface area contributed by atoms with Crippen molar-refractivity contribution in [1.82, 2.24) is 10.0 Å². The van der Waals surface area contributed by atoms with E-state index in [1.165, 1.54) is 13.2 Å². The van der Waals surface area contributed by atoms with Crippen LogP contribution in [0.2, 0.25) is 0 Å². The molecule has 23 heavy (non-hydrogen) atoms. The highest BCUT2D eigenvalue weighted by Gasteiger charge is 2.13. The van der Waals surface area contributed by atoms with E-state index in [2.05, 4.69) is 15.0 Å². The molecule has 0 radical (unpaired) electrons. The van der Waals surface area contributed by atoms with E-state index in [0.29, 0.717) is 19.8 Å². The lowest BCUT2D eigenvalue weighted by Gasteiger charge is -2.08. The Morgan fingerprint density at radius 3 is 2.61 bits per heavy atom. The smallest absolute Gasteiger partial charge is 0.240 e. The Labute approximate surface area is 137 Å². The van der Waals surface area contributed by atoms with E-state index in [1.54, 1.807) is 25.3 Å². The molecule has 1 aromatic rings. The normalized spacial score (nSPS) is 12.3. The van der Waals surface area contributed by atoms with Gasteiger partial charge in [-0.25, -0.2) is 18.1 Å². The van der Waals surface area contributed by atoms with Gasteiger partial charge >= 0.3 is 0 Å². The van der Waals surface area contributed by atoms with Crippen LogP contribution in [-0.2, 0) is 26.0 Å². The van der Waals surface area contributed by atoms with Crippen molar-refractivity contribution in [2.75, 3.05) is 40.5 Å². The molecule has 0 aromatic heterocycles. The van der Waals surface area contributed by atoms with Crippen LogP contribution in [0.5, 0.6) is 0 Å². The first-order valence-electron chi connectivity index (χ1n) is 7.10. The van der Waals surface area contributed by atoms with E-state index in [4.69, 9.17) is 15.2 Å². The number of nitrogens with zero attached hydrogens (tertiary/aromatic N) is 1. The Balaban J connectivity index is 2.67. The first-order valence-corrected chi connectivity index (χ1v) is 8.58. The zero-order valence-electron chi connectivity index (χ0n) is 13.4. The summed E-state index contributed by atoms with van der Waals surface area (Å²) in [6.07, 6.45) is 0. The third kappa shape index (κ3) is 7.42. The fourth-order valence-electron chi connectivity index (χ4n) is 1.69. The van der Waals surface area contributed by atoms with Gasteiger partial charge in [-0.3, -0.25) is 0 Å². The fraction of sp³-hybridized carbons (Fsp3) is 0.500. The van der Waals surface area contributed by atoms with Crippen molar-refractivity contribution in [3.8, 4) is 0 Å². The number of aliphatic imine (C=N–C) groups is 1. The molecule has 130 valence electrons. The highest BCUT2D eigenvalue weighted by Crippen LogP contribution is 2.12. The summed E-state index contributed by atoms with van der Waals surface area (Å²) in [6.45, 7) is 1.90. The monoisotopic (exact) mass is 344 g/mol. The van der Waals surface area contributed by atoms with Crippen LogP contribution < -0.4 is 15.8 Å². The molecule has 1 aromatic carbocycles. The first kappa shape index (κ1) is 19.4. The van der Waals surface area contributed by atoms with Crippen LogP contribution in [-0.4, -0.2) is 54.9 Å². The van der Waals surface area contributed by atoms with Crippen molar-refractivity contribution in [1.29, 1.82) is 0 Å². The highest BCUT2D eigenvalue weighted by molar-refractivity contribution is 7.89. The Kier molecular flexibility index (Phi) is 8.56. The van der Waals surface area contributed by atoms with Crippen LogP contribution >= 0.6 is 0 Å². The van der Waals surface area contributed by atoms with E-state index in [-0.39, 0.29) is 23.9 Å². The first-order chi connectivity index (χ1) is 11.0. The number of benzene rings is 1. The molecule has 4 N–H and O–H groups in total. The minimum absolute atomic E-state index is 0.187. The summed E-state index contributed by atoms with van der Waals surface area (Å²) in [4.78, 5) is 4.34. The number of sulfonamides is 1. The molecule has 0 bridgehead atoms. The van der Waals surface area contributed by atoms with Crippen LogP contribution in [0.15, 0.2) is 34.2 Å². The van der Waals surface area contributed by atoms with Crippen molar-refractivity contribution >= 4 is 16.0 Å². The summed E-state index contributed by atoms with van der Waals surface area (Å²) in [6, 6.07) is 6.56. The van der Waals surface area contributed by atoms with Crippen LogP contribution in [0.25, 0.3) is 0 Å². The van der Waals surface area contributed by atoms with Crippen LogP contribution in [0.4, 0.5) is 0 Å². The van der Waals surface area contributed by atoms with Crippen molar-refractivity contribution in [3.63, 3.8) is 0 Å². The number of nitrogens with two attached hydrogens (primary N) is 1. The third-order valence-electron chi connectivity index (χ3n) is 2.85. The summed E-state index contributed by atoms with van der Waals surface area (Å²) in [5.41, 5.74) is 6.45. The van der Waals surface area contributed by atoms with Gasteiger partial charge in [-0.05, 0) is 17.7 Å². The summed E-state index contributed by atoms with van der Waals surface area (Å²) in [5.74, 6) is 0.286. The van der Waals surface area contributed by atoms with Gasteiger partial charge in [0.15, 0.2) is 5.96 Å². The minimum Gasteiger partial charge on any atom is -0.383 e. The van der Waals surface area contributed by atoms with Gasteiger partial charge in [-0.2, -0.15) is 0 Å². The Bertz CT molecular complexity index is 605. The SMILES string of the molecule is COCCNC(N)=NCc1cccc(S(=O)(=O)NCCOC)c1. The van der Waals surface area contributed by atoms with E-state index in [0.717, 1.165) is 5.56 Å². The predicted octanol–water partition coefficient (Wildman–Crippen LogP) is -0.338. The van der Waals surface area contributed by atoms with Gasteiger partial charge in [0.1, 0.15) is 0 Å². The van der Waals surface area contributed by atoms with Crippen molar-refractivity contribution < 1.29 is 17.9 Å². The lowest BCUT2D eigenvalue weighted by atomic mass is 10.2. The van der Waals surface area contributed by atoms with Crippen molar-refractivity contribution in [3.05, 3.63) is 29.8 Å². The Morgan fingerprint density at radius 2 is 1.91 bits per heavy atom. The molecule has 0 aliphatic carbocycles. The number of ether oxygens (including phenoxy) is 2. The van der Waals surface area contributed by atoms with Crippen LogP contribution in [0.1, 0.15) is 5.56 Å². The van der Waals surface area contributed by atoms with E-state index >= 15 is 0 Å². The zero-order valence-corrected chi connectivity index (χ0v) is 14.2. The lowest BCUT2D eigenvalue weighted by molar-refractivity contribution is 0.204. The second kappa shape index (κ2) is 10.2. The summed E-state index contributed by atoms with van der Waals surface area (Å²) in [7, 11) is -0.442. The molecule has 8 nitrogen and oxygen atoms in total. The average molecular weight is 344 g/mol. The molecule has 0 aliphatic heterocycles. The lowest BCUT2D eigenvalue weighted by Crippen LogP contribution is -2.34. The molecule has 0 saturated heterocycles. The number of methoxy groups -OCH3 is 2. The van der Waals surface area contributed by atoms with Gasteiger partial charge in [-0.1, -0.05) is 12.1 Å². The second-order valence-corrected chi connectivity index (χ2v) is 6.43. The van der Waals surface area contributed by atoms with Gasteiger partial charge in [0.2, 0.25) is 10.0 Å². The summed E-state index contributed by atoms with van der Waals surface area (Å²) < 4.78 is 36.4. The molecule has 1 rings (SSSR count). The number of nitrogens with one attached hydrogen (secondary N) is 2. The molecule has 0 fully saturated rings. The summed E-state index contributed by atoms with van der Waals surface area (Å²) in [5, 5.41) is 2.89. The molecule has 0 aliphatic rings. The van der Waals surface area contributed by atoms with Gasteiger partial charge < -0.3 is 20.5 Å². The summed E-state index contributed by atoms with van der Waals surface area (Å²) >= 11 is 0. The Morgan fingerprint density at radius 1 is 1.22 bits per heavy atom. The molecule has 0 spiro atoms. The van der Waals surface area contributed by atoms with Crippen LogP contribution in [0, 0.1) is 0 Å². The fourth-order valence-corrected chi connectivity index (χ4v) is 2.77. The van der Waals surface area contributed by atoms with Gasteiger partial charge in [0, 0.05) is 27.3 Å². The largest absolute Gasteiger partial charge is 0.383 e.